The molecule has 0 bridgehead atoms. The van der Waals surface area contributed by atoms with Crippen molar-refractivity contribution in [1.82, 2.24) is 14.5 Å². The maximum Gasteiger partial charge on any atom is 0.330 e. The van der Waals surface area contributed by atoms with Crippen LogP contribution in [0.4, 0.5) is 10.1 Å². The molecule has 3 N–H and O–H groups in total. The molecule has 6 nitrogen and oxygen atoms in total. The predicted molar refractivity (Wildman–Crippen MR) is 76.5 cm³/mol. The number of pyridine rings is 1. The van der Waals surface area contributed by atoms with Crippen LogP contribution in [0.25, 0.3) is 11.0 Å². The van der Waals surface area contributed by atoms with Gasteiger partial charge in [0, 0.05) is 0 Å². The molecule has 2 heterocycles. The summed E-state index contributed by atoms with van der Waals surface area (Å²) in [5, 5.41) is 0.233. The van der Waals surface area contributed by atoms with Gasteiger partial charge in [0.2, 0.25) is 0 Å². The zero-order chi connectivity index (χ0) is 15.0. The van der Waals surface area contributed by atoms with Crippen LogP contribution >= 0.6 is 0 Å². The van der Waals surface area contributed by atoms with Gasteiger partial charge in [-0.15, -0.1) is 0 Å². The van der Waals surface area contributed by atoms with Crippen molar-refractivity contribution in [2.24, 2.45) is 0 Å². The number of rotatable bonds is 2. The summed E-state index contributed by atoms with van der Waals surface area (Å²) in [4.78, 5) is 30.0. The number of aromatic nitrogens is 3. The van der Waals surface area contributed by atoms with Crippen LogP contribution in [0.15, 0.2) is 46.1 Å². The number of nitrogen functional groups attached to an aromatic ring is 1. The number of nitrogens with one attached hydrogen (secondary N) is 1. The van der Waals surface area contributed by atoms with Crippen LogP contribution in [-0.2, 0) is 6.54 Å². The molecule has 7 heteroatoms. The van der Waals surface area contributed by atoms with Gasteiger partial charge in [-0.1, -0.05) is 12.1 Å². The summed E-state index contributed by atoms with van der Waals surface area (Å²) in [6.45, 7) is 0.170. The van der Waals surface area contributed by atoms with Crippen molar-refractivity contribution in [2.75, 3.05) is 5.73 Å². The monoisotopic (exact) mass is 286 g/mol. The maximum absolute atomic E-state index is 12.9. The number of nitrogens with zero attached hydrogens (tertiary/aromatic N) is 2. The molecule has 0 radical (unpaired) electrons. The minimum atomic E-state index is -0.575. The molecule has 0 fully saturated rings. The number of hydrogen-bond acceptors (Lipinski definition) is 4. The molecular weight excluding hydrogens is 275 g/mol. The van der Waals surface area contributed by atoms with Gasteiger partial charge in [-0.25, -0.2) is 14.2 Å². The number of fused-ring (bicyclic) bond motifs is 1. The van der Waals surface area contributed by atoms with Crippen LogP contribution in [0.2, 0.25) is 0 Å². The Morgan fingerprint density at radius 3 is 2.67 bits per heavy atom. The number of benzene rings is 1. The smallest absolute Gasteiger partial charge is 0.330 e. The fourth-order valence-corrected chi connectivity index (χ4v) is 2.10. The van der Waals surface area contributed by atoms with E-state index in [1.807, 2.05) is 0 Å². The molecule has 0 aliphatic carbocycles. The standard InChI is InChI=1S/C14H11FN4O2/c15-9-3-1-8(2-4-9)7-19-12-11(5-10(16)6-17-12)13(20)18-14(19)21/h1-6H,7,16H2,(H,18,20,21). The average molecular weight is 286 g/mol. The lowest BCUT2D eigenvalue weighted by Crippen LogP contribution is -2.31. The molecule has 0 spiro atoms. The van der Waals surface area contributed by atoms with Gasteiger partial charge in [0.25, 0.3) is 5.56 Å². The van der Waals surface area contributed by atoms with E-state index < -0.39 is 11.2 Å². The van der Waals surface area contributed by atoms with E-state index in [4.69, 9.17) is 5.73 Å². The summed E-state index contributed by atoms with van der Waals surface area (Å²) in [5.74, 6) is -0.358. The zero-order valence-electron chi connectivity index (χ0n) is 10.8. The lowest BCUT2D eigenvalue weighted by molar-refractivity contribution is 0.626. The first-order chi connectivity index (χ1) is 10.0. The number of aromatic amines is 1. The van der Waals surface area contributed by atoms with Gasteiger partial charge in [-0.2, -0.15) is 0 Å². The van der Waals surface area contributed by atoms with E-state index in [9.17, 15) is 14.0 Å². The number of hydrogen-bond donors (Lipinski definition) is 2. The Labute approximate surface area is 117 Å². The predicted octanol–water partition coefficient (Wildman–Crippen LogP) is 0.854. The van der Waals surface area contributed by atoms with Gasteiger partial charge in [0.05, 0.1) is 23.8 Å². The molecule has 106 valence electrons. The third-order valence-electron chi connectivity index (χ3n) is 3.11. The molecule has 0 amide bonds. The van der Waals surface area contributed by atoms with E-state index in [0.717, 1.165) is 0 Å². The molecular formula is C14H11FN4O2. The van der Waals surface area contributed by atoms with E-state index in [2.05, 4.69) is 9.97 Å². The molecule has 1 aromatic carbocycles. The Hall–Kier alpha value is -2.96. The highest BCUT2D eigenvalue weighted by atomic mass is 19.1. The molecule has 0 saturated heterocycles. The second-order valence-corrected chi connectivity index (χ2v) is 4.61. The van der Waals surface area contributed by atoms with Crippen LogP contribution in [0, 0.1) is 5.82 Å². The topological polar surface area (TPSA) is 93.8 Å². The van der Waals surface area contributed by atoms with Crippen LogP contribution in [0.5, 0.6) is 0 Å². The van der Waals surface area contributed by atoms with Gasteiger partial charge in [-0.05, 0) is 23.8 Å². The fraction of sp³-hybridized carbons (Fsp3) is 0.0714. The van der Waals surface area contributed by atoms with E-state index in [-0.39, 0.29) is 23.4 Å². The van der Waals surface area contributed by atoms with Crippen molar-refractivity contribution < 1.29 is 4.39 Å². The van der Waals surface area contributed by atoms with Crippen LogP contribution in [0.3, 0.4) is 0 Å². The summed E-state index contributed by atoms with van der Waals surface area (Å²) in [5.41, 5.74) is 5.78. The number of nitrogens with two attached hydrogens (primary N) is 1. The average Bonchev–Trinajstić information content (AvgIpc) is 2.46. The largest absolute Gasteiger partial charge is 0.397 e. The second kappa shape index (κ2) is 4.86. The Morgan fingerprint density at radius 2 is 1.95 bits per heavy atom. The van der Waals surface area contributed by atoms with Crippen molar-refractivity contribution in [3.63, 3.8) is 0 Å². The third-order valence-corrected chi connectivity index (χ3v) is 3.11. The van der Waals surface area contributed by atoms with Gasteiger partial charge >= 0.3 is 5.69 Å². The Kier molecular flexibility index (Phi) is 3.02. The highest BCUT2D eigenvalue weighted by molar-refractivity contribution is 5.77. The quantitative estimate of drug-likeness (QED) is 0.730. The van der Waals surface area contributed by atoms with Gasteiger partial charge in [0.1, 0.15) is 11.5 Å². The number of H-pyrrole nitrogens is 1. The fourth-order valence-electron chi connectivity index (χ4n) is 2.10. The van der Waals surface area contributed by atoms with Crippen molar-refractivity contribution in [2.45, 2.75) is 6.54 Å². The molecule has 0 unspecified atom stereocenters. The van der Waals surface area contributed by atoms with Crippen LogP contribution in [-0.4, -0.2) is 14.5 Å². The first-order valence-electron chi connectivity index (χ1n) is 6.17. The van der Waals surface area contributed by atoms with Crippen molar-refractivity contribution in [1.29, 1.82) is 0 Å². The van der Waals surface area contributed by atoms with Gasteiger partial charge in [-0.3, -0.25) is 14.3 Å². The molecule has 0 atom stereocenters. The lowest BCUT2D eigenvalue weighted by Gasteiger charge is -2.09. The summed E-state index contributed by atoms with van der Waals surface area (Å²) in [6, 6.07) is 7.20. The molecule has 3 aromatic rings. The number of anilines is 1. The molecule has 2 aromatic heterocycles. The normalized spacial score (nSPS) is 10.9. The molecule has 21 heavy (non-hydrogen) atoms. The van der Waals surface area contributed by atoms with Crippen molar-refractivity contribution in [3.05, 3.63) is 68.7 Å². The summed E-state index contributed by atoms with van der Waals surface area (Å²) in [6.07, 6.45) is 1.38. The first kappa shape index (κ1) is 13.0. The SMILES string of the molecule is Nc1cnc2c(c1)c(=O)[nH]c(=O)n2Cc1ccc(F)cc1. The highest BCUT2D eigenvalue weighted by Gasteiger charge is 2.09. The molecule has 3 rings (SSSR count). The van der Waals surface area contributed by atoms with Crippen molar-refractivity contribution in [3.8, 4) is 0 Å². The third kappa shape index (κ3) is 2.40. The minimum Gasteiger partial charge on any atom is -0.397 e. The second-order valence-electron chi connectivity index (χ2n) is 4.61. The first-order valence-corrected chi connectivity index (χ1v) is 6.17. The molecule has 0 aliphatic rings. The molecule has 0 aliphatic heterocycles. The Bertz CT molecular complexity index is 928. The van der Waals surface area contributed by atoms with Crippen LogP contribution < -0.4 is 17.0 Å². The Morgan fingerprint density at radius 1 is 1.24 bits per heavy atom. The minimum absolute atomic E-state index is 0.170. The van der Waals surface area contributed by atoms with E-state index in [1.165, 1.54) is 29.0 Å². The van der Waals surface area contributed by atoms with E-state index >= 15 is 0 Å². The molecule has 0 saturated carbocycles. The Balaban J connectivity index is 2.20. The van der Waals surface area contributed by atoms with Crippen molar-refractivity contribution >= 4 is 16.7 Å². The van der Waals surface area contributed by atoms with E-state index in [0.29, 0.717) is 11.3 Å². The van der Waals surface area contributed by atoms with Gasteiger partial charge in [0.15, 0.2) is 0 Å². The maximum atomic E-state index is 12.9. The van der Waals surface area contributed by atoms with Gasteiger partial charge < -0.3 is 5.73 Å². The van der Waals surface area contributed by atoms with E-state index in [1.54, 1.807) is 12.1 Å². The summed E-state index contributed by atoms with van der Waals surface area (Å²) >= 11 is 0. The number of halogens is 1. The zero-order valence-corrected chi connectivity index (χ0v) is 10.8. The highest BCUT2D eigenvalue weighted by Crippen LogP contribution is 2.11. The summed E-state index contributed by atoms with van der Waals surface area (Å²) < 4.78 is 14.2. The lowest BCUT2D eigenvalue weighted by atomic mass is 10.2. The summed E-state index contributed by atoms with van der Waals surface area (Å²) in [7, 11) is 0. The van der Waals surface area contributed by atoms with Crippen LogP contribution in [0.1, 0.15) is 5.56 Å².